The van der Waals surface area contributed by atoms with Gasteiger partial charge in [-0.15, -0.1) is 19.0 Å². The van der Waals surface area contributed by atoms with Gasteiger partial charge in [0.15, 0.2) is 11.5 Å². The van der Waals surface area contributed by atoms with Crippen LogP contribution in [0.5, 0.6) is 11.5 Å². The Morgan fingerprint density at radius 1 is 1.09 bits per heavy atom. The van der Waals surface area contributed by atoms with Gasteiger partial charge in [0.1, 0.15) is 6.61 Å². The molecular weight excluding hydrogens is 333 g/mol. The van der Waals surface area contributed by atoms with Crippen LogP contribution >= 0.6 is 24.0 Å². The molecular formula is C18H21Cl2NO2. The van der Waals surface area contributed by atoms with Crippen molar-refractivity contribution >= 4 is 24.0 Å². The van der Waals surface area contributed by atoms with Gasteiger partial charge in [0.05, 0.1) is 7.11 Å². The highest BCUT2D eigenvalue weighted by molar-refractivity contribution is 6.30. The minimum atomic E-state index is 0. The fraction of sp³-hybridized carbons (Fsp3) is 0.222. The summed E-state index contributed by atoms with van der Waals surface area (Å²) in [7, 11) is 1.64. The Labute approximate surface area is 148 Å². The third-order valence-electron chi connectivity index (χ3n) is 3.15. The van der Waals surface area contributed by atoms with Crippen molar-refractivity contribution in [1.82, 2.24) is 5.32 Å². The Bertz CT molecular complexity index is 615. The first-order chi connectivity index (χ1) is 10.7. The Balaban J connectivity index is 0.00000264. The van der Waals surface area contributed by atoms with Crippen molar-refractivity contribution in [1.29, 1.82) is 0 Å². The van der Waals surface area contributed by atoms with Crippen molar-refractivity contribution < 1.29 is 9.47 Å². The van der Waals surface area contributed by atoms with Crippen LogP contribution in [0, 0.1) is 0 Å². The van der Waals surface area contributed by atoms with Gasteiger partial charge in [-0.3, -0.25) is 0 Å². The second-order valence-corrected chi connectivity index (χ2v) is 5.26. The largest absolute Gasteiger partial charge is 0.493 e. The molecule has 2 aromatic rings. The van der Waals surface area contributed by atoms with Crippen LogP contribution in [-0.2, 0) is 13.2 Å². The van der Waals surface area contributed by atoms with E-state index in [4.69, 9.17) is 21.1 Å². The van der Waals surface area contributed by atoms with E-state index in [0.29, 0.717) is 6.61 Å². The number of ether oxygens (including phenoxy) is 2. The number of halogens is 2. The van der Waals surface area contributed by atoms with Gasteiger partial charge in [-0.1, -0.05) is 35.9 Å². The van der Waals surface area contributed by atoms with Gasteiger partial charge in [0, 0.05) is 18.1 Å². The lowest BCUT2D eigenvalue weighted by Gasteiger charge is -2.12. The molecule has 0 fully saturated rings. The number of benzene rings is 2. The molecule has 2 aromatic carbocycles. The van der Waals surface area contributed by atoms with Crippen molar-refractivity contribution in [3.05, 3.63) is 71.3 Å². The molecule has 23 heavy (non-hydrogen) atoms. The molecule has 0 radical (unpaired) electrons. The summed E-state index contributed by atoms with van der Waals surface area (Å²) in [6.45, 7) is 5.70. The molecule has 5 heteroatoms. The van der Waals surface area contributed by atoms with E-state index in [2.05, 4.69) is 11.9 Å². The predicted molar refractivity (Wildman–Crippen MR) is 97.9 cm³/mol. The van der Waals surface area contributed by atoms with Crippen molar-refractivity contribution in [2.24, 2.45) is 0 Å². The lowest BCUT2D eigenvalue weighted by molar-refractivity contribution is 0.284. The maximum atomic E-state index is 5.87. The highest BCUT2D eigenvalue weighted by Gasteiger charge is 2.06. The van der Waals surface area contributed by atoms with Crippen LogP contribution in [-0.4, -0.2) is 13.7 Å². The fourth-order valence-corrected chi connectivity index (χ4v) is 2.13. The zero-order chi connectivity index (χ0) is 15.8. The molecule has 0 aliphatic heterocycles. The molecule has 1 N–H and O–H groups in total. The molecule has 0 spiro atoms. The first kappa shape index (κ1) is 19.4. The maximum absolute atomic E-state index is 5.87. The van der Waals surface area contributed by atoms with Gasteiger partial charge < -0.3 is 14.8 Å². The van der Waals surface area contributed by atoms with Gasteiger partial charge in [-0.2, -0.15) is 0 Å². The summed E-state index contributed by atoms with van der Waals surface area (Å²) in [5, 5.41) is 3.98. The van der Waals surface area contributed by atoms with E-state index in [1.165, 1.54) is 0 Å². The molecule has 3 nitrogen and oxygen atoms in total. The zero-order valence-electron chi connectivity index (χ0n) is 13.0. The van der Waals surface area contributed by atoms with Crippen molar-refractivity contribution in [3.8, 4) is 11.5 Å². The van der Waals surface area contributed by atoms with Gasteiger partial charge >= 0.3 is 0 Å². The fourth-order valence-electron chi connectivity index (χ4n) is 2.00. The van der Waals surface area contributed by atoms with Gasteiger partial charge in [-0.25, -0.2) is 0 Å². The van der Waals surface area contributed by atoms with E-state index in [9.17, 15) is 0 Å². The Hall–Kier alpha value is -1.68. The second kappa shape index (κ2) is 10.2. The molecule has 0 aliphatic rings. The molecule has 0 unspecified atom stereocenters. The molecule has 0 amide bonds. The Morgan fingerprint density at radius 3 is 2.43 bits per heavy atom. The summed E-state index contributed by atoms with van der Waals surface area (Å²) in [5.74, 6) is 1.46. The van der Waals surface area contributed by atoms with E-state index in [1.807, 2.05) is 48.5 Å². The minimum absolute atomic E-state index is 0. The van der Waals surface area contributed by atoms with E-state index < -0.39 is 0 Å². The molecule has 0 heterocycles. The Kier molecular flexibility index (Phi) is 8.56. The third kappa shape index (κ3) is 6.14. The highest BCUT2D eigenvalue weighted by Crippen LogP contribution is 2.29. The first-order valence-electron chi connectivity index (χ1n) is 7.08. The van der Waals surface area contributed by atoms with Crippen LogP contribution in [0.2, 0.25) is 5.02 Å². The number of nitrogens with one attached hydrogen (secondary N) is 1. The van der Waals surface area contributed by atoms with Crippen LogP contribution in [0.25, 0.3) is 0 Å². The zero-order valence-corrected chi connectivity index (χ0v) is 14.6. The molecule has 2 rings (SSSR count). The summed E-state index contributed by atoms with van der Waals surface area (Å²) in [6.07, 6.45) is 1.83. The molecule has 0 aromatic heterocycles. The summed E-state index contributed by atoms with van der Waals surface area (Å²) in [4.78, 5) is 0. The quantitative estimate of drug-likeness (QED) is 0.554. The summed E-state index contributed by atoms with van der Waals surface area (Å²) < 4.78 is 11.2. The molecule has 0 bridgehead atoms. The average molecular weight is 354 g/mol. The molecule has 0 saturated carbocycles. The predicted octanol–water partition coefficient (Wildman–Crippen LogP) is 4.63. The number of hydrogen-bond acceptors (Lipinski definition) is 3. The van der Waals surface area contributed by atoms with Crippen LogP contribution in [0.1, 0.15) is 11.1 Å². The van der Waals surface area contributed by atoms with E-state index in [0.717, 1.165) is 40.7 Å². The monoisotopic (exact) mass is 353 g/mol. The lowest BCUT2D eigenvalue weighted by atomic mass is 10.2. The molecule has 124 valence electrons. The number of rotatable bonds is 8. The van der Waals surface area contributed by atoms with E-state index in [1.54, 1.807) is 7.11 Å². The Morgan fingerprint density at radius 2 is 1.78 bits per heavy atom. The molecule has 0 saturated heterocycles. The van der Waals surface area contributed by atoms with Crippen LogP contribution < -0.4 is 14.8 Å². The standard InChI is InChI=1S/C18H20ClNO2.ClH/c1-3-10-20-12-15-6-9-17(18(11-15)21-2)22-13-14-4-7-16(19)8-5-14;/h3-9,11,20H,1,10,12-13H2,2H3;1H. The minimum Gasteiger partial charge on any atom is -0.493 e. The number of hydrogen-bond donors (Lipinski definition) is 1. The molecule has 0 atom stereocenters. The van der Waals surface area contributed by atoms with Crippen molar-refractivity contribution in [2.45, 2.75) is 13.2 Å². The normalized spacial score (nSPS) is 9.83. The molecule has 0 aliphatic carbocycles. The number of methoxy groups -OCH3 is 1. The topological polar surface area (TPSA) is 30.5 Å². The van der Waals surface area contributed by atoms with Crippen LogP contribution in [0.3, 0.4) is 0 Å². The summed E-state index contributed by atoms with van der Waals surface area (Å²) in [6, 6.07) is 13.5. The summed E-state index contributed by atoms with van der Waals surface area (Å²) >= 11 is 5.87. The average Bonchev–Trinajstić information content (AvgIpc) is 2.55. The SMILES string of the molecule is C=CCNCc1ccc(OCc2ccc(Cl)cc2)c(OC)c1.Cl. The maximum Gasteiger partial charge on any atom is 0.161 e. The second-order valence-electron chi connectivity index (χ2n) is 4.82. The third-order valence-corrected chi connectivity index (χ3v) is 3.41. The van der Waals surface area contributed by atoms with Crippen molar-refractivity contribution in [2.75, 3.05) is 13.7 Å². The van der Waals surface area contributed by atoms with Crippen LogP contribution in [0.4, 0.5) is 0 Å². The summed E-state index contributed by atoms with van der Waals surface area (Å²) in [5.41, 5.74) is 2.20. The van der Waals surface area contributed by atoms with Crippen molar-refractivity contribution in [3.63, 3.8) is 0 Å². The van der Waals surface area contributed by atoms with Gasteiger partial charge in [-0.05, 0) is 35.4 Å². The van der Waals surface area contributed by atoms with Gasteiger partial charge in [0.25, 0.3) is 0 Å². The lowest BCUT2D eigenvalue weighted by Crippen LogP contribution is -2.12. The van der Waals surface area contributed by atoms with E-state index >= 15 is 0 Å². The van der Waals surface area contributed by atoms with Gasteiger partial charge in [0.2, 0.25) is 0 Å². The van der Waals surface area contributed by atoms with Crippen LogP contribution in [0.15, 0.2) is 55.1 Å². The smallest absolute Gasteiger partial charge is 0.161 e. The highest BCUT2D eigenvalue weighted by atomic mass is 35.5. The first-order valence-corrected chi connectivity index (χ1v) is 7.46. The van der Waals surface area contributed by atoms with E-state index in [-0.39, 0.29) is 12.4 Å².